The summed E-state index contributed by atoms with van der Waals surface area (Å²) >= 11 is 0. The van der Waals surface area contributed by atoms with Crippen molar-refractivity contribution in [3.8, 4) is 11.5 Å². The van der Waals surface area contributed by atoms with E-state index in [0.717, 1.165) is 37.3 Å². The van der Waals surface area contributed by atoms with Crippen molar-refractivity contribution in [3.63, 3.8) is 0 Å². The van der Waals surface area contributed by atoms with Gasteiger partial charge in [0.2, 0.25) is 0 Å². The van der Waals surface area contributed by atoms with E-state index >= 15 is 0 Å². The Morgan fingerprint density at radius 2 is 2.40 bits per heavy atom. The number of hydrogen-bond acceptors (Lipinski definition) is 3. The zero-order valence-corrected chi connectivity index (χ0v) is 8.99. The van der Waals surface area contributed by atoms with Gasteiger partial charge in [0.15, 0.2) is 0 Å². The maximum absolute atomic E-state index is 9.42. The van der Waals surface area contributed by atoms with Crippen LogP contribution in [0.4, 0.5) is 0 Å². The third kappa shape index (κ3) is 2.23. The zero-order valence-electron chi connectivity index (χ0n) is 8.99. The fourth-order valence-corrected chi connectivity index (χ4v) is 2.03. The Kier molecular flexibility index (Phi) is 3.11. The number of hydrogen-bond donors (Lipinski definition) is 2. The molecule has 0 bridgehead atoms. The smallest absolute Gasteiger partial charge is 0.123 e. The van der Waals surface area contributed by atoms with Crippen LogP contribution < -0.4 is 10.1 Å². The Morgan fingerprint density at radius 3 is 3.20 bits per heavy atom. The van der Waals surface area contributed by atoms with Gasteiger partial charge in [-0.1, -0.05) is 0 Å². The third-order valence-corrected chi connectivity index (χ3v) is 2.85. The number of rotatable bonds is 4. The van der Waals surface area contributed by atoms with Crippen LogP contribution in [0.15, 0.2) is 18.2 Å². The van der Waals surface area contributed by atoms with Gasteiger partial charge < -0.3 is 15.2 Å². The summed E-state index contributed by atoms with van der Waals surface area (Å²) in [6, 6.07) is 5.35. The van der Waals surface area contributed by atoms with E-state index < -0.39 is 0 Å². The van der Waals surface area contributed by atoms with Gasteiger partial charge in [-0.3, -0.25) is 0 Å². The lowest BCUT2D eigenvalue weighted by molar-refractivity contribution is 0.323. The summed E-state index contributed by atoms with van der Waals surface area (Å²) < 4.78 is 5.57. The Balaban J connectivity index is 2.03. The number of ether oxygens (including phenoxy) is 1. The van der Waals surface area contributed by atoms with Gasteiger partial charge in [-0.15, -0.1) is 0 Å². The molecule has 0 saturated carbocycles. The van der Waals surface area contributed by atoms with Gasteiger partial charge in [-0.05, 0) is 44.6 Å². The van der Waals surface area contributed by atoms with Gasteiger partial charge in [-0.25, -0.2) is 0 Å². The highest BCUT2D eigenvalue weighted by atomic mass is 16.5. The van der Waals surface area contributed by atoms with Crippen molar-refractivity contribution >= 4 is 0 Å². The van der Waals surface area contributed by atoms with Crippen molar-refractivity contribution in [2.75, 3.05) is 20.2 Å². The molecule has 2 N–H and O–H groups in total. The van der Waals surface area contributed by atoms with Crippen LogP contribution in [0, 0.1) is 0 Å². The molecule has 15 heavy (non-hydrogen) atoms. The Hall–Kier alpha value is -1.22. The molecule has 2 rings (SSSR count). The summed E-state index contributed by atoms with van der Waals surface area (Å²) in [5, 5.41) is 12.6. The lowest BCUT2D eigenvalue weighted by atomic mass is 9.96. The highest BCUT2D eigenvalue weighted by Gasteiger charge is 2.23. The van der Waals surface area contributed by atoms with E-state index in [1.165, 1.54) is 0 Å². The van der Waals surface area contributed by atoms with Crippen LogP contribution >= 0.6 is 0 Å². The second kappa shape index (κ2) is 4.53. The lowest BCUT2D eigenvalue weighted by Gasteiger charge is -2.08. The molecule has 0 fully saturated rings. The minimum atomic E-state index is 0.331. The molecule has 1 atom stereocenters. The number of benzene rings is 1. The van der Waals surface area contributed by atoms with Crippen LogP contribution in [0.25, 0.3) is 0 Å². The van der Waals surface area contributed by atoms with Gasteiger partial charge in [0.25, 0.3) is 0 Å². The first-order chi connectivity index (χ1) is 7.31. The molecule has 0 radical (unpaired) electrons. The van der Waals surface area contributed by atoms with Gasteiger partial charge in [0, 0.05) is 11.5 Å². The van der Waals surface area contributed by atoms with Crippen molar-refractivity contribution in [2.45, 2.75) is 18.8 Å². The molecular formula is C12H17NO2. The van der Waals surface area contributed by atoms with E-state index in [-0.39, 0.29) is 0 Å². The highest BCUT2D eigenvalue weighted by molar-refractivity contribution is 5.44. The van der Waals surface area contributed by atoms with Gasteiger partial charge in [-0.2, -0.15) is 0 Å². The van der Waals surface area contributed by atoms with Crippen LogP contribution in [-0.2, 0) is 0 Å². The monoisotopic (exact) mass is 207 g/mol. The predicted octanol–water partition coefficient (Wildman–Crippen LogP) is 1.87. The van der Waals surface area contributed by atoms with Gasteiger partial charge >= 0.3 is 0 Å². The molecule has 82 valence electrons. The number of aromatic hydroxyl groups is 1. The van der Waals surface area contributed by atoms with E-state index in [2.05, 4.69) is 5.32 Å². The van der Waals surface area contributed by atoms with Crippen molar-refractivity contribution in [2.24, 2.45) is 0 Å². The number of phenolic OH excluding ortho intramolecular Hbond substituents is 1. The molecule has 1 aliphatic rings. The first-order valence-electron chi connectivity index (χ1n) is 5.41. The number of nitrogens with one attached hydrogen (secondary N) is 1. The SMILES string of the molecule is CNCCCC1COc2ccc(O)cc21. The maximum Gasteiger partial charge on any atom is 0.123 e. The zero-order chi connectivity index (χ0) is 10.7. The summed E-state index contributed by atoms with van der Waals surface area (Å²) in [5.74, 6) is 1.71. The van der Waals surface area contributed by atoms with Crippen LogP contribution in [0.3, 0.4) is 0 Å². The molecule has 1 heterocycles. The average molecular weight is 207 g/mol. The standard InChI is InChI=1S/C12H17NO2/c1-13-6-2-3-9-8-15-12-5-4-10(14)7-11(9)12/h4-5,7,9,13-14H,2-3,6,8H2,1H3. The number of fused-ring (bicyclic) bond motifs is 1. The molecule has 0 aliphatic carbocycles. The molecule has 1 unspecified atom stereocenters. The maximum atomic E-state index is 9.42. The quantitative estimate of drug-likeness (QED) is 0.740. The third-order valence-electron chi connectivity index (χ3n) is 2.85. The molecule has 0 saturated heterocycles. The fourth-order valence-electron chi connectivity index (χ4n) is 2.03. The van der Waals surface area contributed by atoms with Gasteiger partial charge in [0.1, 0.15) is 11.5 Å². The Bertz CT molecular complexity index is 338. The van der Waals surface area contributed by atoms with E-state index in [0.29, 0.717) is 11.7 Å². The average Bonchev–Trinajstić information content (AvgIpc) is 2.62. The normalized spacial score (nSPS) is 18.6. The molecule has 1 aromatic rings. The summed E-state index contributed by atoms with van der Waals surface area (Å²) in [5.41, 5.74) is 1.16. The van der Waals surface area contributed by atoms with E-state index in [9.17, 15) is 5.11 Å². The first-order valence-corrected chi connectivity index (χ1v) is 5.41. The summed E-state index contributed by atoms with van der Waals surface area (Å²) in [6.45, 7) is 1.78. The molecule has 0 spiro atoms. The minimum Gasteiger partial charge on any atom is -0.508 e. The van der Waals surface area contributed by atoms with Crippen molar-refractivity contribution in [3.05, 3.63) is 23.8 Å². The fraction of sp³-hybridized carbons (Fsp3) is 0.500. The second-order valence-corrected chi connectivity index (χ2v) is 3.98. The van der Waals surface area contributed by atoms with Crippen molar-refractivity contribution in [1.29, 1.82) is 0 Å². The van der Waals surface area contributed by atoms with E-state index in [1.807, 2.05) is 19.2 Å². The minimum absolute atomic E-state index is 0.331. The Labute approximate surface area is 90.1 Å². The highest BCUT2D eigenvalue weighted by Crippen LogP contribution is 2.38. The Morgan fingerprint density at radius 1 is 1.53 bits per heavy atom. The molecule has 3 nitrogen and oxygen atoms in total. The molecule has 0 amide bonds. The predicted molar refractivity (Wildman–Crippen MR) is 59.5 cm³/mol. The van der Waals surface area contributed by atoms with Gasteiger partial charge in [0.05, 0.1) is 6.61 Å². The topological polar surface area (TPSA) is 41.5 Å². The molecule has 1 aliphatic heterocycles. The van der Waals surface area contributed by atoms with Crippen molar-refractivity contribution in [1.82, 2.24) is 5.32 Å². The lowest BCUT2D eigenvalue weighted by Crippen LogP contribution is -2.10. The summed E-state index contributed by atoms with van der Waals surface area (Å²) in [4.78, 5) is 0. The van der Waals surface area contributed by atoms with Crippen molar-refractivity contribution < 1.29 is 9.84 Å². The first kappa shape index (κ1) is 10.3. The summed E-state index contributed by atoms with van der Waals surface area (Å²) in [7, 11) is 1.96. The molecular weight excluding hydrogens is 190 g/mol. The number of phenols is 1. The van der Waals surface area contributed by atoms with Crippen LogP contribution in [-0.4, -0.2) is 25.3 Å². The van der Waals surface area contributed by atoms with E-state index in [1.54, 1.807) is 6.07 Å². The molecule has 0 aromatic heterocycles. The van der Waals surface area contributed by atoms with Crippen LogP contribution in [0.5, 0.6) is 11.5 Å². The largest absolute Gasteiger partial charge is 0.508 e. The second-order valence-electron chi connectivity index (χ2n) is 3.98. The molecule has 3 heteroatoms. The van der Waals surface area contributed by atoms with Crippen LogP contribution in [0.2, 0.25) is 0 Å². The van der Waals surface area contributed by atoms with Crippen LogP contribution in [0.1, 0.15) is 24.3 Å². The van der Waals surface area contributed by atoms with E-state index in [4.69, 9.17) is 4.74 Å². The summed E-state index contributed by atoms with van der Waals surface area (Å²) in [6.07, 6.45) is 2.25. The molecule has 1 aromatic carbocycles.